The maximum atomic E-state index is 12.3. The van der Waals surface area contributed by atoms with Gasteiger partial charge in [0, 0.05) is 30.8 Å². The minimum absolute atomic E-state index is 0.154. The SMILES string of the molecule is CCNC(=NCc1coc(-c2ccc(C)cc2)n1)NCCNC(=O)c1cccc(OC)c1. The molecule has 0 saturated carbocycles. The van der Waals surface area contributed by atoms with E-state index in [1.54, 1.807) is 37.6 Å². The van der Waals surface area contributed by atoms with Crippen LogP contribution in [0.25, 0.3) is 11.5 Å². The molecular formula is C24H29N5O3. The number of ether oxygens (including phenoxy) is 1. The molecule has 0 spiro atoms. The van der Waals surface area contributed by atoms with Crippen molar-refractivity contribution in [2.45, 2.75) is 20.4 Å². The number of aryl methyl sites for hydroxylation is 1. The Balaban J connectivity index is 1.49. The van der Waals surface area contributed by atoms with Gasteiger partial charge < -0.3 is 25.1 Å². The van der Waals surface area contributed by atoms with Crippen LogP contribution < -0.4 is 20.7 Å². The van der Waals surface area contributed by atoms with Crippen molar-refractivity contribution in [2.75, 3.05) is 26.7 Å². The summed E-state index contributed by atoms with van der Waals surface area (Å²) in [6.07, 6.45) is 1.62. The average molecular weight is 436 g/mol. The van der Waals surface area contributed by atoms with E-state index in [0.29, 0.717) is 42.8 Å². The summed E-state index contributed by atoms with van der Waals surface area (Å²) in [7, 11) is 1.57. The molecule has 1 aromatic heterocycles. The highest BCUT2D eigenvalue weighted by atomic mass is 16.5. The monoisotopic (exact) mass is 435 g/mol. The molecule has 3 aromatic rings. The first-order valence-electron chi connectivity index (χ1n) is 10.5. The second-order valence-corrected chi connectivity index (χ2v) is 7.12. The van der Waals surface area contributed by atoms with Crippen LogP contribution in [0.1, 0.15) is 28.5 Å². The van der Waals surface area contributed by atoms with Crippen LogP contribution in [-0.2, 0) is 6.54 Å². The molecule has 32 heavy (non-hydrogen) atoms. The summed E-state index contributed by atoms with van der Waals surface area (Å²) in [5.74, 6) is 1.71. The van der Waals surface area contributed by atoms with Crippen molar-refractivity contribution in [2.24, 2.45) is 4.99 Å². The number of carbonyl (C=O) groups excluding carboxylic acids is 1. The third-order valence-electron chi connectivity index (χ3n) is 4.63. The maximum absolute atomic E-state index is 12.3. The third-order valence-corrected chi connectivity index (χ3v) is 4.63. The zero-order valence-electron chi connectivity index (χ0n) is 18.6. The number of aromatic nitrogens is 1. The molecule has 1 amide bonds. The molecule has 2 aromatic carbocycles. The number of guanidine groups is 1. The molecule has 0 unspecified atom stereocenters. The summed E-state index contributed by atoms with van der Waals surface area (Å²) in [5, 5.41) is 9.27. The second-order valence-electron chi connectivity index (χ2n) is 7.12. The van der Waals surface area contributed by atoms with Crippen LogP contribution in [0.4, 0.5) is 0 Å². The van der Waals surface area contributed by atoms with E-state index in [9.17, 15) is 4.79 Å². The van der Waals surface area contributed by atoms with E-state index in [-0.39, 0.29) is 5.91 Å². The van der Waals surface area contributed by atoms with E-state index in [4.69, 9.17) is 9.15 Å². The summed E-state index contributed by atoms with van der Waals surface area (Å²) in [6.45, 7) is 6.10. The van der Waals surface area contributed by atoms with E-state index in [1.165, 1.54) is 5.56 Å². The fourth-order valence-electron chi connectivity index (χ4n) is 2.93. The standard InChI is InChI=1S/C24H29N5O3/c1-4-25-24(27-13-12-26-22(30)19-6-5-7-21(14-19)31-3)28-15-20-16-32-23(29-20)18-10-8-17(2)9-11-18/h5-11,14,16H,4,12-13,15H2,1-3H3,(H,26,30)(H2,25,27,28). The number of nitrogens with one attached hydrogen (secondary N) is 3. The molecule has 0 radical (unpaired) electrons. The van der Waals surface area contributed by atoms with Crippen LogP contribution in [0, 0.1) is 6.92 Å². The summed E-state index contributed by atoms with van der Waals surface area (Å²) in [6, 6.07) is 15.1. The fraction of sp³-hybridized carbons (Fsp3) is 0.292. The predicted molar refractivity (Wildman–Crippen MR) is 125 cm³/mol. The van der Waals surface area contributed by atoms with Crippen molar-refractivity contribution in [1.29, 1.82) is 0 Å². The molecule has 0 bridgehead atoms. The number of methoxy groups -OCH3 is 1. The van der Waals surface area contributed by atoms with Gasteiger partial charge in [-0.3, -0.25) is 4.79 Å². The molecule has 168 valence electrons. The van der Waals surface area contributed by atoms with Gasteiger partial charge in [-0.1, -0.05) is 23.8 Å². The zero-order chi connectivity index (χ0) is 22.8. The molecule has 0 atom stereocenters. The molecule has 1 heterocycles. The average Bonchev–Trinajstić information content (AvgIpc) is 3.29. The fourth-order valence-corrected chi connectivity index (χ4v) is 2.93. The Morgan fingerprint density at radius 1 is 1.09 bits per heavy atom. The molecule has 8 nitrogen and oxygen atoms in total. The Labute approximate surface area is 188 Å². The highest BCUT2D eigenvalue weighted by Crippen LogP contribution is 2.19. The number of benzene rings is 2. The molecule has 3 N–H and O–H groups in total. The maximum Gasteiger partial charge on any atom is 0.251 e. The second kappa shape index (κ2) is 11.5. The van der Waals surface area contributed by atoms with Gasteiger partial charge in [0.15, 0.2) is 5.96 Å². The quantitative estimate of drug-likeness (QED) is 0.271. The van der Waals surface area contributed by atoms with Gasteiger partial charge in [0.2, 0.25) is 5.89 Å². The van der Waals surface area contributed by atoms with E-state index in [0.717, 1.165) is 17.8 Å². The first-order chi connectivity index (χ1) is 15.6. The highest BCUT2D eigenvalue weighted by Gasteiger charge is 2.08. The van der Waals surface area contributed by atoms with Gasteiger partial charge in [0.25, 0.3) is 5.91 Å². The van der Waals surface area contributed by atoms with Crippen LogP contribution in [-0.4, -0.2) is 43.6 Å². The Kier molecular flexibility index (Phi) is 8.25. The van der Waals surface area contributed by atoms with Crippen LogP contribution in [0.5, 0.6) is 5.75 Å². The molecule has 8 heteroatoms. The lowest BCUT2D eigenvalue weighted by Crippen LogP contribution is -2.41. The zero-order valence-corrected chi connectivity index (χ0v) is 18.6. The topological polar surface area (TPSA) is 101 Å². The van der Waals surface area contributed by atoms with Crippen molar-refractivity contribution in [1.82, 2.24) is 20.9 Å². The number of hydrogen-bond donors (Lipinski definition) is 3. The summed E-state index contributed by atoms with van der Waals surface area (Å²) in [5.41, 5.74) is 3.42. The number of hydrogen-bond acceptors (Lipinski definition) is 5. The molecule has 3 rings (SSSR count). The number of nitrogens with zero attached hydrogens (tertiary/aromatic N) is 2. The normalized spacial score (nSPS) is 11.2. The third kappa shape index (κ3) is 6.60. The van der Waals surface area contributed by atoms with Crippen molar-refractivity contribution < 1.29 is 13.9 Å². The van der Waals surface area contributed by atoms with E-state index in [2.05, 4.69) is 25.9 Å². The molecule has 0 aliphatic heterocycles. The van der Waals surface area contributed by atoms with Crippen LogP contribution >= 0.6 is 0 Å². The van der Waals surface area contributed by atoms with Crippen molar-refractivity contribution in [3.8, 4) is 17.2 Å². The lowest BCUT2D eigenvalue weighted by atomic mass is 10.1. The molecule has 0 saturated heterocycles. The van der Waals surface area contributed by atoms with E-state index in [1.807, 2.05) is 38.1 Å². The van der Waals surface area contributed by atoms with Crippen molar-refractivity contribution in [3.63, 3.8) is 0 Å². The van der Waals surface area contributed by atoms with Gasteiger partial charge in [0.05, 0.1) is 13.7 Å². The Morgan fingerprint density at radius 2 is 1.88 bits per heavy atom. The number of oxazole rings is 1. The van der Waals surface area contributed by atoms with Gasteiger partial charge in [-0.2, -0.15) is 0 Å². The Bertz CT molecular complexity index is 1040. The molecule has 0 aliphatic carbocycles. The summed E-state index contributed by atoms with van der Waals surface area (Å²) < 4.78 is 10.7. The van der Waals surface area contributed by atoms with Gasteiger partial charge >= 0.3 is 0 Å². The number of carbonyl (C=O) groups is 1. The Hall–Kier alpha value is -3.81. The highest BCUT2D eigenvalue weighted by molar-refractivity contribution is 5.94. The smallest absolute Gasteiger partial charge is 0.251 e. The molecule has 0 fully saturated rings. The largest absolute Gasteiger partial charge is 0.497 e. The minimum atomic E-state index is -0.154. The van der Waals surface area contributed by atoms with E-state index < -0.39 is 0 Å². The van der Waals surface area contributed by atoms with Crippen molar-refractivity contribution >= 4 is 11.9 Å². The van der Waals surface area contributed by atoms with Gasteiger partial charge in [-0.05, 0) is 44.2 Å². The molecule has 0 aliphatic rings. The lowest BCUT2D eigenvalue weighted by molar-refractivity contribution is 0.0954. The first kappa shape index (κ1) is 22.9. The summed E-state index contributed by atoms with van der Waals surface area (Å²) in [4.78, 5) is 21.3. The van der Waals surface area contributed by atoms with E-state index >= 15 is 0 Å². The van der Waals surface area contributed by atoms with Gasteiger partial charge in [0.1, 0.15) is 17.7 Å². The van der Waals surface area contributed by atoms with Gasteiger partial charge in [-0.15, -0.1) is 0 Å². The Morgan fingerprint density at radius 3 is 2.62 bits per heavy atom. The number of rotatable bonds is 9. The minimum Gasteiger partial charge on any atom is -0.497 e. The molecular weight excluding hydrogens is 406 g/mol. The van der Waals surface area contributed by atoms with Crippen molar-refractivity contribution in [3.05, 3.63) is 71.6 Å². The first-order valence-corrected chi connectivity index (χ1v) is 10.5. The summed E-state index contributed by atoms with van der Waals surface area (Å²) >= 11 is 0. The lowest BCUT2D eigenvalue weighted by Gasteiger charge is -2.11. The number of aliphatic imine (C=N–C) groups is 1. The number of amides is 1. The van der Waals surface area contributed by atoms with Crippen LogP contribution in [0.2, 0.25) is 0 Å². The van der Waals surface area contributed by atoms with Gasteiger partial charge in [-0.25, -0.2) is 9.98 Å². The van der Waals surface area contributed by atoms with Crippen LogP contribution in [0.3, 0.4) is 0 Å². The van der Waals surface area contributed by atoms with Crippen LogP contribution in [0.15, 0.2) is 64.2 Å². The predicted octanol–water partition coefficient (Wildman–Crippen LogP) is 3.14.